The van der Waals surface area contributed by atoms with Crippen molar-refractivity contribution >= 4 is 23.4 Å². The van der Waals surface area contributed by atoms with Crippen LogP contribution < -0.4 is 14.8 Å². The first-order valence-corrected chi connectivity index (χ1v) is 10.6. The van der Waals surface area contributed by atoms with Crippen LogP contribution in [0.15, 0.2) is 41.8 Å². The molecule has 1 N–H and O–H groups in total. The zero-order chi connectivity index (χ0) is 20.2. The maximum atomic E-state index is 12.6. The molecule has 9 heteroatoms. The molecule has 0 saturated heterocycles. The van der Waals surface area contributed by atoms with Gasteiger partial charge >= 0.3 is 0 Å². The molecule has 1 aliphatic rings. The Kier molecular flexibility index (Phi) is 5.84. The lowest BCUT2D eigenvalue weighted by atomic mass is 9.95. The topological polar surface area (TPSA) is 90.6 Å². The van der Waals surface area contributed by atoms with Crippen molar-refractivity contribution in [3.05, 3.63) is 42.2 Å². The minimum absolute atomic E-state index is 0.0763. The third-order valence-electron chi connectivity index (χ3n) is 4.54. The molecule has 1 aromatic carbocycles. The van der Waals surface area contributed by atoms with Gasteiger partial charge in [-0.3, -0.25) is 4.79 Å². The first-order valence-electron chi connectivity index (χ1n) is 9.59. The molecule has 1 amide bonds. The molecule has 0 bridgehead atoms. The number of fused-ring (bicyclic) bond motifs is 2. The van der Waals surface area contributed by atoms with E-state index in [-0.39, 0.29) is 23.6 Å². The van der Waals surface area contributed by atoms with Crippen molar-refractivity contribution in [2.75, 3.05) is 19.0 Å². The predicted molar refractivity (Wildman–Crippen MR) is 109 cm³/mol. The third kappa shape index (κ3) is 4.61. The van der Waals surface area contributed by atoms with Crippen molar-refractivity contribution in [2.24, 2.45) is 5.92 Å². The zero-order valence-corrected chi connectivity index (χ0v) is 17.2. The highest BCUT2D eigenvalue weighted by Crippen LogP contribution is 2.34. The van der Waals surface area contributed by atoms with Gasteiger partial charge in [-0.1, -0.05) is 31.7 Å². The van der Waals surface area contributed by atoms with Crippen LogP contribution in [-0.4, -0.2) is 44.5 Å². The van der Waals surface area contributed by atoms with Gasteiger partial charge in [-0.05, 0) is 29.7 Å². The number of hydrogen-bond donors (Lipinski definition) is 1. The molecule has 1 atom stereocenters. The second-order valence-electron chi connectivity index (χ2n) is 7.09. The number of carbonyl (C=O) groups excluding carboxylic acids is 1. The van der Waals surface area contributed by atoms with Gasteiger partial charge in [0.2, 0.25) is 11.1 Å². The van der Waals surface area contributed by atoms with E-state index in [1.54, 1.807) is 23.0 Å². The number of rotatable bonds is 6. The number of thioether (sulfide) groups is 1. The monoisotopic (exact) mass is 413 g/mol. The van der Waals surface area contributed by atoms with E-state index in [0.29, 0.717) is 24.1 Å². The van der Waals surface area contributed by atoms with E-state index in [0.717, 1.165) is 23.5 Å². The van der Waals surface area contributed by atoms with Crippen LogP contribution in [0.1, 0.15) is 31.9 Å². The number of aromatic nitrogens is 4. The summed E-state index contributed by atoms with van der Waals surface area (Å²) >= 11 is 1.29. The smallest absolute Gasteiger partial charge is 0.253 e. The average molecular weight is 414 g/mol. The Balaban J connectivity index is 1.42. The van der Waals surface area contributed by atoms with Crippen LogP contribution in [0.3, 0.4) is 0 Å². The van der Waals surface area contributed by atoms with Crippen LogP contribution in [0.5, 0.6) is 11.5 Å². The summed E-state index contributed by atoms with van der Waals surface area (Å²) < 4.78 is 13.1. The van der Waals surface area contributed by atoms with Crippen molar-refractivity contribution in [3.8, 4) is 11.5 Å². The van der Waals surface area contributed by atoms with E-state index in [9.17, 15) is 4.79 Å². The van der Waals surface area contributed by atoms with Gasteiger partial charge in [0.1, 0.15) is 0 Å². The third-order valence-corrected chi connectivity index (χ3v) is 5.38. The van der Waals surface area contributed by atoms with Gasteiger partial charge in [-0.25, -0.2) is 9.50 Å². The van der Waals surface area contributed by atoms with Crippen LogP contribution in [0.4, 0.5) is 0 Å². The largest absolute Gasteiger partial charge is 0.490 e. The Morgan fingerprint density at radius 3 is 2.90 bits per heavy atom. The van der Waals surface area contributed by atoms with Crippen LogP contribution in [0, 0.1) is 5.92 Å². The molecule has 3 heterocycles. The Bertz CT molecular complexity index is 974. The Morgan fingerprint density at radius 1 is 1.28 bits per heavy atom. The molecule has 2 aromatic heterocycles. The van der Waals surface area contributed by atoms with Crippen molar-refractivity contribution in [2.45, 2.75) is 31.5 Å². The van der Waals surface area contributed by atoms with Crippen molar-refractivity contribution in [1.82, 2.24) is 24.9 Å². The van der Waals surface area contributed by atoms with E-state index < -0.39 is 0 Å². The van der Waals surface area contributed by atoms with Gasteiger partial charge in [0.25, 0.3) is 5.78 Å². The molecule has 4 rings (SSSR count). The summed E-state index contributed by atoms with van der Waals surface area (Å²) in [4.78, 5) is 21.0. The summed E-state index contributed by atoms with van der Waals surface area (Å²) in [6.07, 6.45) is 4.30. The van der Waals surface area contributed by atoms with Gasteiger partial charge in [0.15, 0.2) is 11.5 Å². The van der Waals surface area contributed by atoms with Crippen LogP contribution >= 0.6 is 11.8 Å². The van der Waals surface area contributed by atoms with E-state index in [1.165, 1.54) is 11.8 Å². The fourth-order valence-electron chi connectivity index (χ4n) is 3.13. The molecule has 1 aliphatic heterocycles. The van der Waals surface area contributed by atoms with Crippen LogP contribution in [0.2, 0.25) is 0 Å². The number of nitrogens with one attached hydrogen (secondary N) is 1. The van der Waals surface area contributed by atoms with E-state index >= 15 is 0 Å². The first-order chi connectivity index (χ1) is 14.1. The normalized spacial score (nSPS) is 14.6. The zero-order valence-electron chi connectivity index (χ0n) is 16.4. The fraction of sp³-hybridized carbons (Fsp3) is 0.400. The Labute approximate surface area is 173 Å². The van der Waals surface area contributed by atoms with E-state index in [1.807, 2.05) is 18.2 Å². The summed E-state index contributed by atoms with van der Waals surface area (Å²) in [6.45, 7) is 5.44. The minimum atomic E-state index is -0.129. The number of amides is 1. The van der Waals surface area contributed by atoms with Gasteiger partial charge in [-0.2, -0.15) is 4.98 Å². The van der Waals surface area contributed by atoms with Gasteiger partial charge in [0.05, 0.1) is 25.0 Å². The molecular formula is C20H23N5O3S. The number of ether oxygens (including phenoxy) is 2. The molecular weight excluding hydrogens is 390 g/mol. The summed E-state index contributed by atoms with van der Waals surface area (Å²) in [6, 6.07) is 7.52. The predicted octanol–water partition coefficient (Wildman–Crippen LogP) is 2.89. The maximum absolute atomic E-state index is 12.6. The molecule has 152 valence electrons. The molecule has 0 saturated carbocycles. The summed E-state index contributed by atoms with van der Waals surface area (Å²) in [5.41, 5.74) is 0.998. The second kappa shape index (κ2) is 8.69. The number of carbonyl (C=O) groups is 1. The van der Waals surface area contributed by atoms with Crippen molar-refractivity contribution < 1.29 is 14.3 Å². The number of hydrogen-bond acceptors (Lipinski definition) is 7. The molecule has 0 aliphatic carbocycles. The minimum Gasteiger partial charge on any atom is -0.490 e. The molecule has 1 unspecified atom stereocenters. The van der Waals surface area contributed by atoms with Crippen LogP contribution in [0.25, 0.3) is 5.78 Å². The maximum Gasteiger partial charge on any atom is 0.253 e. The molecule has 0 radical (unpaired) electrons. The van der Waals surface area contributed by atoms with Crippen molar-refractivity contribution in [1.29, 1.82) is 0 Å². The summed E-state index contributed by atoms with van der Waals surface area (Å²) in [7, 11) is 0. The lowest BCUT2D eigenvalue weighted by Gasteiger charge is -2.23. The molecule has 3 aromatic rings. The van der Waals surface area contributed by atoms with Crippen molar-refractivity contribution in [3.63, 3.8) is 0 Å². The second-order valence-corrected chi connectivity index (χ2v) is 8.04. The highest BCUT2D eigenvalue weighted by molar-refractivity contribution is 7.99. The summed E-state index contributed by atoms with van der Waals surface area (Å²) in [5.74, 6) is 2.37. The van der Waals surface area contributed by atoms with E-state index in [2.05, 4.69) is 34.2 Å². The highest BCUT2D eigenvalue weighted by Gasteiger charge is 2.21. The molecule has 0 spiro atoms. The van der Waals surface area contributed by atoms with Crippen LogP contribution in [-0.2, 0) is 4.79 Å². The molecule has 8 nitrogen and oxygen atoms in total. The Hall–Kier alpha value is -2.81. The quantitative estimate of drug-likeness (QED) is 0.621. The standard InChI is InChI=1S/C20H23N5O3S/c1-13(2)18(14-5-6-15-16(11-14)28-10-4-9-27-15)22-17(26)12-29-20-23-19-21-7-3-8-25(19)24-20/h3,5-8,11,13,18H,4,9-10,12H2,1-2H3,(H,22,26). The van der Waals surface area contributed by atoms with E-state index in [4.69, 9.17) is 9.47 Å². The first kappa shape index (κ1) is 19.5. The van der Waals surface area contributed by atoms with Gasteiger partial charge in [-0.15, -0.1) is 5.10 Å². The summed E-state index contributed by atoms with van der Waals surface area (Å²) in [5, 5.41) is 7.96. The SMILES string of the molecule is CC(C)C(NC(=O)CSc1nc2ncccn2n1)c1ccc2c(c1)OCCCO2. The molecule has 0 fully saturated rings. The average Bonchev–Trinajstić information content (AvgIpc) is 2.99. The lowest BCUT2D eigenvalue weighted by Crippen LogP contribution is -2.33. The Morgan fingerprint density at radius 2 is 2.10 bits per heavy atom. The molecule has 29 heavy (non-hydrogen) atoms. The number of nitrogens with zero attached hydrogens (tertiary/aromatic N) is 4. The lowest BCUT2D eigenvalue weighted by molar-refractivity contribution is -0.119. The highest BCUT2D eigenvalue weighted by atomic mass is 32.2. The van der Waals surface area contributed by atoms with Gasteiger partial charge in [0, 0.05) is 18.8 Å². The van der Waals surface area contributed by atoms with Gasteiger partial charge < -0.3 is 14.8 Å². The number of benzene rings is 1. The fourth-order valence-corrected chi connectivity index (χ4v) is 3.76.